The Labute approximate surface area is 167 Å². The zero-order valence-electron chi connectivity index (χ0n) is 15.4. The summed E-state index contributed by atoms with van der Waals surface area (Å²) in [6, 6.07) is 11.5. The van der Waals surface area contributed by atoms with Crippen LogP contribution in [0.2, 0.25) is 5.02 Å². The van der Waals surface area contributed by atoms with E-state index in [1.54, 1.807) is 25.4 Å². The Morgan fingerprint density at radius 1 is 1.14 bits per heavy atom. The quantitative estimate of drug-likeness (QED) is 0.726. The molecular formula is C21H19ClFN3O2. The van der Waals surface area contributed by atoms with E-state index in [9.17, 15) is 9.18 Å². The number of hydrogen-bond acceptors (Lipinski definition) is 4. The molecule has 0 aromatic heterocycles. The van der Waals surface area contributed by atoms with E-state index in [2.05, 4.69) is 4.99 Å². The molecule has 2 aromatic rings. The van der Waals surface area contributed by atoms with Gasteiger partial charge in [0.25, 0.3) is 5.91 Å². The van der Waals surface area contributed by atoms with Crippen molar-refractivity contribution in [3.8, 4) is 0 Å². The molecule has 1 saturated heterocycles. The molecule has 1 amide bonds. The topological polar surface area (TPSA) is 45.1 Å². The molecule has 4 rings (SSSR count). The lowest BCUT2D eigenvalue weighted by molar-refractivity contribution is -0.115. The number of anilines is 1. The zero-order chi connectivity index (χ0) is 19.7. The molecule has 2 heterocycles. The first-order chi connectivity index (χ1) is 13.5. The number of hydrogen-bond donors (Lipinski definition) is 0. The molecule has 0 N–H and O–H groups in total. The SMILES string of the molecule is CN1C(=O)C(=CN2CCOCC2)N=C(c2ccccc2Cl)c2cc(F)ccc21. The van der Waals surface area contributed by atoms with Gasteiger partial charge in [0.05, 0.1) is 24.6 Å². The summed E-state index contributed by atoms with van der Waals surface area (Å²) in [6.07, 6.45) is 1.75. The second kappa shape index (κ2) is 7.73. The Hall–Kier alpha value is -2.70. The monoisotopic (exact) mass is 399 g/mol. The summed E-state index contributed by atoms with van der Waals surface area (Å²) < 4.78 is 19.5. The second-order valence-electron chi connectivity index (χ2n) is 6.63. The zero-order valence-corrected chi connectivity index (χ0v) is 16.1. The minimum absolute atomic E-state index is 0.263. The summed E-state index contributed by atoms with van der Waals surface area (Å²) in [7, 11) is 1.66. The van der Waals surface area contributed by atoms with Gasteiger partial charge in [-0.1, -0.05) is 29.8 Å². The first-order valence-corrected chi connectivity index (χ1v) is 9.37. The number of aliphatic imine (C=N–C) groups is 1. The molecule has 0 unspecified atom stereocenters. The molecular weight excluding hydrogens is 381 g/mol. The van der Waals surface area contributed by atoms with Crippen LogP contribution >= 0.6 is 11.6 Å². The lowest BCUT2D eigenvalue weighted by Crippen LogP contribution is -2.34. The molecule has 2 aliphatic rings. The standard InChI is InChI=1S/C21H19ClFN3O2/c1-25-19-7-6-14(23)12-16(19)20(15-4-2-3-5-17(15)22)24-18(21(25)27)13-26-8-10-28-11-9-26/h2-7,12-13H,8-11H2,1H3. The van der Waals surface area contributed by atoms with Crippen molar-refractivity contribution in [2.24, 2.45) is 4.99 Å². The third-order valence-electron chi connectivity index (χ3n) is 4.81. The van der Waals surface area contributed by atoms with E-state index in [-0.39, 0.29) is 11.6 Å². The minimum Gasteiger partial charge on any atom is -0.378 e. The number of carbonyl (C=O) groups is 1. The molecule has 144 valence electrons. The fraction of sp³-hybridized carbons (Fsp3) is 0.238. The Bertz CT molecular complexity index is 983. The number of morpholine rings is 1. The number of halogens is 2. The number of benzene rings is 2. The third-order valence-corrected chi connectivity index (χ3v) is 5.14. The van der Waals surface area contributed by atoms with Crippen LogP contribution < -0.4 is 4.90 Å². The number of likely N-dealkylation sites (N-methyl/N-ethyl adjacent to an activating group) is 1. The molecule has 2 aromatic carbocycles. The van der Waals surface area contributed by atoms with E-state index in [1.807, 2.05) is 23.1 Å². The van der Waals surface area contributed by atoms with Gasteiger partial charge in [-0.15, -0.1) is 0 Å². The van der Waals surface area contributed by atoms with Crippen molar-refractivity contribution >= 4 is 28.9 Å². The fourth-order valence-electron chi connectivity index (χ4n) is 3.32. The Morgan fingerprint density at radius 2 is 1.89 bits per heavy atom. The van der Waals surface area contributed by atoms with Gasteiger partial charge >= 0.3 is 0 Å². The van der Waals surface area contributed by atoms with E-state index in [4.69, 9.17) is 16.3 Å². The third kappa shape index (κ3) is 3.53. The van der Waals surface area contributed by atoms with Gasteiger partial charge < -0.3 is 14.5 Å². The van der Waals surface area contributed by atoms with E-state index in [0.29, 0.717) is 53.9 Å². The molecule has 0 spiro atoms. The number of ether oxygens (including phenoxy) is 1. The summed E-state index contributed by atoms with van der Waals surface area (Å²) in [5, 5.41) is 0.485. The highest BCUT2D eigenvalue weighted by molar-refractivity contribution is 6.36. The summed E-state index contributed by atoms with van der Waals surface area (Å²) in [5.41, 5.74) is 2.49. The molecule has 5 nitrogen and oxygen atoms in total. The summed E-state index contributed by atoms with van der Waals surface area (Å²) in [6.45, 7) is 2.55. The molecule has 1 fully saturated rings. The van der Waals surface area contributed by atoms with Gasteiger partial charge in [0.1, 0.15) is 11.5 Å². The van der Waals surface area contributed by atoms with Crippen LogP contribution in [0.15, 0.2) is 59.4 Å². The van der Waals surface area contributed by atoms with Crippen LogP contribution in [0.1, 0.15) is 11.1 Å². The van der Waals surface area contributed by atoms with Crippen molar-refractivity contribution in [1.29, 1.82) is 0 Å². The average molecular weight is 400 g/mol. The van der Waals surface area contributed by atoms with Crippen LogP contribution in [-0.4, -0.2) is 49.9 Å². The Morgan fingerprint density at radius 3 is 2.64 bits per heavy atom. The predicted molar refractivity (Wildman–Crippen MR) is 107 cm³/mol. The van der Waals surface area contributed by atoms with Crippen LogP contribution in [0.4, 0.5) is 10.1 Å². The molecule has 0 aliphatic carbocycles. The average Bonchev–Trinajstić information content (AvgIpc) is 2.80. The number of fused-ring (bicyclic) bond motifs is 1. The smallest absolute Gasteiger partial charge is 0.278 e. The van der Waals surface area contributed by atoms with E-state index in [1.165, 1.54) is 17.0 Å². The minimum atomic E-state index is -0.403. The highest BCUT2D eigenvalue weighted by Crippen LogP contribution is 2.31. The fourth-order valence-corrected chi connectivity index (χ4v) is 3.55. The number of nitrogens with zero attached hydrogens (tertiary/aromatic N) is 3. The first-order valence-electron chi connectivity index (χ1n) is 9.00. The van der Waals surface area contributed by atoms with Crippen molar-refractivity contribution in [3.05, 3.63) is 76.3 Å². The van der Waals surface area contributed by atoms with Crippen LogP contribution in [0.25, 0.3) is 0 Å². The molecule has 0 radical (unpaired) electrons. The summed E-state index contributed by atoms with van der Waals surface area (Å²) in [4.78, 5) is 21.3. The number of carbonyl (C=O) groups excluding carboxylic acids is 1. The van der Waals surface area contributed by atoms with Crippen molar-refractivity contribution in [3.63, 3.8) is 0 Å². The van der Waals surface area contributed by atoms with Crippen LogP contribution in [-0.2, 0) is 9.53 Å². The molecule has 7 heteroatoms. The molecule has 2 aliphatic heterocycles. The molecule has 0 atom stereocenters. The normalized spacial score (nSPS) is 18.8. The highest BCUT2D eigenvalue weighted by atomic mass is 35.5. The first kappa shape index (κ1) is 18.7. The van der Waals surface area contributed by atoms with Crippen molar-refractivity contribution in [2.75, 3.05) is 38.3 Å². The largest absolute Gasteiger partial charge is 0.378 e. The molecule has 0 saturated carbocycles. The van der Waals surface area contributed by atoms with Crippen LogP contribution in [0.5, 0.6) is 0 Å². The van der Waals surface area contributed by atoms with E-state index < -0.39 is 5.82 Å². The Balaban J connectivity index is 1.92. The molecule has 28 heavy (non-hydrogen) atoms. The van der Waals surface area contributed by atoms with Crippen molar-refractivity contribution in [2.45, 2.75) is 0 Å². The van der Waals surface area contributed by atoms with Crippen molar-refractivity contribution in [1.82, 2.24) is 4.90 Å². The summed E-state index contributed by atoms with van der Waals surface area (Å²) in [5.74, 6) is -0.665. The number of rotatable bonds is 2. The predicted octanol–water partition coefficient (Wildman–Crippen LogP) is 3.47. The van der Waals surface area contributed by atoms with Gasteiger partial charge in [-0.3, -0.25) is 4.79 Å². The van der Waals surface area contributed by atoms with Gasteiger partial charge in [0.2, 0.25) is 0 Å². The summed E-state index contributed by atoms with van der Waals surface area (Å²) >= 11 is 6.41. The van der Waals surface area contributed by atoms with Gasteiger partial charge in [0, 0.05) is 42.5 Å². The van der Waals surface area contributed by atoms with E-state index in [0.717, 1.165) is 0 Å². The molecule has 0 bridgehead atoms. The van der Waals surface area contributed by atoms with Crippen LogP contribution in [0.3, 0.4) is 0 Å². The van der Waals surface area contributed by atoms with Gasteiger partial charge in [-0.05, 0) is 24.3 Å². The number of benzodiazepines with no additional fused rings is 1. The van der Waals surface area contributed by atoms with Gasteiger partial charge in [-0.2, -0.15) is 0 Å². The Kier molecular flexibility index (Phi) is 5.15. The van der Waals surface area contributed by atoms with Crippen molar-refractivity contribution < 1.29 is 13.9 Å². The maximum atomic E-state index is 14.1. The van der Waals surface area contributed by atoms with Gasteiger partial charge in [-0.25, -0.2) is 9.38 Å². The number of amides is 1. The lowest BCUT2D eigenvalue weighted by atomic mass is 10.00. The van der Waals surface area contributed by atoms with Gasteiger partial charge in [0.15, 0.2) is 0 Å². The highest BCUT2D eigenvalue weighted by Gasteiger charge is 2.28. The van der Waals surface area contributed by atoms with Crippen LogP contribution in [0, 0.1) is 5.82 Å². The maximum absolute atomic E-state index is 14.1. The second-order valence-corrected chi connectivity index (χ2v) is 7.04. The maximum Gasteiger partial charge on any atom is 0.278 e. The lowest BCUT2D eigenvalue weighted by Gasteiger charge is -2.26. The van der Waals surface area contributed by atoms with E-state index >= 15 is 0 Å².